The van der Waals surface area contributed by atoms with Crippen molar-refractivity contribution in [2.24, 2.45) is 0 Å². The van der Waals surface area contributed by atoms with Crippen LogP contribution in [0.15, 0.2) is 79.1 Å². The predicted molar refractivity (Wildman–Crippen MR) is 113 cm³/mol. The highest BCUT2D eigenvalue weighted by molar-refractivity contribution is 5.91. The largest absolute Gasteiger partial charge is 0.489 e. The smallest absolute Gasteiger partial charge is 0.137 e. The fourth-order valence-electron chi connectivity index (χ4n) is 3.03. The van der Waals surface area contributed by atoms with E-state index in [1.54, 1.807) is 6.33 Å². The third kappa shape index (κ3) is 4.38. The van der Waals surface area contributed by atoms with E-state index in [4.69, 9.17) is 10.5 Å². The van der Waals surface area contributed by atoms with E-state index in [-0.39, 0.29) is 0 Å². The Bertz CT molecular complexity index is 1050. The zero-order valence-corrected chi connectivity index (χ0v) is 15.5. The molecule has 0 amide bonds. The fraction of sp³-hybridized carbons (Fsp3) is 0.130. The number of hydrogen-bond donors (Lipinski definition) is 2. The monoisotopic (exact) mass is 370 g/mol. The van der Waals surface area contributed by atoms with Crippen LogP contribution in [0.25, 0.3) is 10.9 Å². The molecule has 4 aromatic rings. The van der Waals surface area contributed by atoms with Gasteiger partial charge in [-0.15, -0.1) is 0 Å². The highest BCUT2D eigenvalue weighted by Crippen LogP contribution is 2.21. The molecule has 0 fully saturated rings. The minimum Gasteiger partial charge on any atom is -0.489 e. The predicted octanol–water partition coefficient (Wildman–Crippen LogP) is 4.45. The van der Waals surface area contributed by atoms with Crippen LogP contribution in [0.1, 0.15) is 11.1 Å². The number of ether oxygens (including phenoxy) is 1. The van der Waals surface area contributed by atoms with E-state index in [1.165, 1.54) is 5.56 Å². The first-order chi connectivity index (χ1) is 13.8. The van der Waals surface area contributed by atoms with Gasteiger partial charge >= 0.3 is 0 Å². The minimum absolute atomic E-state index is 0.575. The Morgan fingerprint density at radius 2 is 1.68 bits per heavy atom. The molecule has 1 aromatic heterocycles. The lowest BCUT2D eigenvalue weighted by molar-refractivity contribution is 0.306. The number of nitrogens with one attached hydrogen (secondary N) is 1. The standard InChI is InChI=1S/C23H22N4O/c24-19-8-11-22-21(14-19)23(27-16-26-22)25-13-12-17-6-9-20(10-7-17)28-15-18-4-2-1-3-5-18/h1-11,14,16H,12-13,15,24H2,(H,25,26,27). The summed E-state index contributed by atoms with van der Waals surface area (Å²) < 4.78 is 5.84. The van der Waals surface area contributed by atoms with Crippen LogP contribution in [-0.4, -0.2) is 16.5 Å². The Kier molecular flexibility index (Phi) is 5.33. The van der Waals surface area contributed by atoms with E-state index in [2.05, 4.69) is 39.6 Å². The summed E-state index contributed by atoms with van der Waals surface area (Å²) in [6.45, 7) is 1.34. The zero-order chi connectivity index (χ0) is 19.2. The van der Waals surface area contributed by atoms with Gasteiger partial charge in [0.05, 0.1) is 5.52 Å². The summed E-state index contributed by atoms with van der Waals surface area (Å²) in [6, 6.07) is 24.0. The van der Waals surface area contributed by atoms with Crippen LogP contribution in [0.5, 0.6) is 5.75 Å². The van der Waals surface area contributed by atoms with Crippen LogP contribution in [0.3, 0.4) is 0 Å². The van der Waals surface area contributed by atoms with Crippen molar-refractivity contribution in [1.29, 1.82) is 0 Å². The molecule has 1 heterocycles. The number of nitrogen functional groups attached to an aromatic ring is 1. The van der Waals surface area contributed by atoms with Gasteiger partial charge in [-0.05, 0) is 47.9 Å². The molecular formula is C23H22N4O. The normalized spacial score (nSPS) is 10.7. The first-order valence-corrected chi connectivity index (χ1v) is 9.28. The van der Waals surface area contributed by atoms with Gasteiger partial charge in [-0.3, -0.25) is 0 Å². The number of nitrogens with zero attached hydrogens (tertiary/aromatic N) is 2. The van der Waals surface area contributed by atoms with Gasteiger partial charge in [0.25, 0.3) is 0 Å². The van der Waals surface area contributed by atoms with E-state index in [0.29, 0.717) is 12.3 Å². The van der Waals surface area contributed by atoms with Crippen molar-refractivity contribution >= 4 is 22.4 Å². The zero-order valence-electron chi connectivity index (χ0n) is 15.5. The molecule has 28 heavy (non-hydrogen) atoms. The topological polar surface area (TPSA) is 73.1 Å². The van der Waals surface area contributed by atoms with Crippen LogP contribution in [0.2, 0.25) is 0 Å². The molecule has 5 heteroatoms. The summed E-state index contributed by atoms with van der Waals surface area (Å²) in [6.07, 6.45) is 2.45. The average Bonchev–Trinajstić information content (AvgIpc) is 2.74. The van der Waals surface area contributed by atoms with Crippen molar-refractivity contribution < 1.29 is 4.74 Å². The number of aromatic nitrogens is 2. The van der Waals surface area contributed by atoms with Gasteiger partial charge in [-0.2, -0.15) is 0 Å². The molecule has 0 saturated heterocycles. The minimum atomic E-state index is 0.575. The van der Waals surface area contributed by atoms with Crippen molar-refractivity contribution in [3.8, 4) is 5.75 Å². The lowest BCUT2D eigenvalue weighted by Gasteiger charge is -2.10. The molecule has 0 spiro atoms. The van der Waals surface area contributed by atoms with Gasteiger partial charge in [0.2, 0.25) is 0 Å². The van der Waals surface area contributed by atoms with E-state index in [9.17, 15) is 0 Å². The number of fused-ring (bicyclic) bond motifs is 1. The summed E-state index contributed by atoms with van der Waals surface area (Å²) >= 11 is 0. The number of anilines is 2. The van der Waals surface area contributed by atoms with Gasteiger partial charge in [-0.1, -0.05) is 42.5 Å². The van der Waals surface area contributed by atoms with Crippen LogP contribution >= 0.6 is 0 Å². The molecular weight excluding hydrogens is 348 g/mol. The van der Waals surface area contributed by atoms with Gasteiger partial charge in [0, 0.05) is 17.6 Å². The molecule has 3 aromatic carbocycles. The van der Waals surface area contributed by atoms with Crippen molar-refractivity contribution in [2.75, 3.05) is 17.6 Å². The van der Waals surface area contributed by atoms with Crippen LogP contribution in [-0.2, 0) is 13.0 Å². The summed E-state index contributed by atoms with van der Waals surface area (Å²) in [7, 11) is 0. The molecule has 0 saturated carbocycles. The Labute approximate surface area is 164 Å². The van der Waals surface area contributed by atoms with Crippen LogP contribution in [0, 0.1) is 0 Å². The summed E-state index contributed by atoms with van der Waals surface area (Å²) in [5, 5.41) is 4.32. The van der Waals surface area contributed by atoms with Gasteiger partial charge < -0.3 is 15.8 Å². The van der Waals surface area contributed by atoms with Gasteiger partial charge in [0.15, 0.2) is 0 Å². The second kappa shape index (κ2) is 8.39. The molecule has 0 unspecified atom stereocenters. The maximum Gasteiger partial charge on any atom is 0.137 e. The maximum absolute atomic E-state index is 5.89. The third-order valence-corrected chi connectivity index (χ3v) is 4.54. The van der Waals surface area contributed by atoms with Gasteiger partial charge in [0.1, 0.15) is 24.5 Å². The van der Waals surface area contributed by atoms with Crippen LogP contribution < -0.4 is 15.8 Å². The summed E-state index contributed by atoms with van der Waals surface area (Å²) in [5.74, 6) is 1.68. The highest BCUT2D eigenvalue weighted by atomic mass is 16.5. The van der Waals surface area contributed by atoms with Crippen LogP contribution in [0.4, 0.5) is 11.5 Å². The Morgan fingerprint density at radius 3 is 2.50 bits per heavy atom. The average molecular weight is 370 g/mol. The first kappa shape index (κ1) is 17.8. The molecule has 0 bridgehead atoms. The molecule has 0 aliphatic carbocycles. The lowest BCUT2D eigenvalue weighted by atomic mass is 10.1. The second-order valence-corrected chi connectivity index (χ2v) is 6.59. The number of rotatable bonds is 7. The molecule has 140 valence electrons. The Hall–Kier alpha value is -3.60. The number of benzene rings is 3. The maximum atomic E-state index is 5.89. The summed E-state index contributed by atoms with van der Waals surface area (Å²) in [5.41, 5.74) is 9.87. The SMILES string of the molecule is Nc1ccc2ncnc(NCCc3ccc(OCc4ccccc4)cc3)c2c1. The van der Waals surface area contributed by atoms with E-state index in [1.807, 2.05) is 48.5 Å². The van der Waals surface area contributed by atoms with E-state index in [0.717, 1.165) is 41.0 Å². The molecule has 0 atom stereocenters. The van der Waals surface area contributed by atoms with Crippen molar-refractivity contribution in [3.63, 3.8) is 0 Å². The second-order valence-electron chi connectivity index (χ2n) is 6.59. The number of nitrogens with two attached hydrogens (primary N) is 1. The first-order valence-electron chi connectivity index (χ1n) is 9.28. The van der Waals surface area contributed by atoms with Gasteiger partial charge in [-0.25, -0.2) is 9.97 Å². The third-order valence-electron chi connectivity index (χ3n) is 4.54. The van der Waals surface area contributed by atoms with Crippen molar-refractivity contribution in [3.05, 3.63) is 90.3 Å². The Morgan fingerprint density at radius 1 is 0.857 bits per heavy atom. The van der Waals surface area contributed by atoms with Crippen molar-refractivity contribution in [2.45, 2.75) is 13.0 Å². The molecule has 0 radical (unpaired) electrons. The highest BCUT2D eigenvalue weighted by Gasteiger charge is 2.04. The molecule has 4 rings (SSSR count). The molecule has 0 aliphatic heterocycles. The fourth-order valence-corrected chi connectivity index (χ4v) is 3.03. The quantitative estimate of drug-likeness (QED) is 0.470. The van der Waals surface area contributed by atoms with E-state index >= 15 is 0 Å². The molecule has 5 nitrogen and oxygen atoms in total. The lowest BCUT2D eigenvalue weighted by Crippen LogP contribution is -2.07. The van der Waals surface area contributed by atoms with E-state index < -0.39 is 0 Å². The summed E-state index contributed by atoms with van der Waals surface area (Å²) in [4.78, 5) is 8.63. The van der Waals surface area contributed by atoms with Crippen molar-refractivity contribution in [1.82, 2.24) is 9.97 Å². The molecule has 3 N–H and O–H groups in total. The number of hydrogen-bond acceptors (Lipinski definition) is 5. The Balaban J connectivity index is 1.32. The molecule has 0 aliphatic rings.